The molecule has 8 nitrogen and oxygen atoms in total. The van der Waals surface area contributed by atoms with Crippen molar-refractivity contribution in [2.24, 2.45) is 5.73 Å². The standard InChI is InChI=1S/C26H34N4O4/c1-24(2,3)33-22(31)21-19-14-17(10-13-20(19)30(28)29-21)16-8-11-18(12-9-16)26(7,15-27)23(32)34-25(4,5)6/h8-14H,15,27-28H2,1-7H3. The Hall–Kier alpha value is -3.39. The Morgan fingerprint density at radius 2 is 1.44 bits per heavy atom. The number of nitrogens with zero attached hydrogens (tertiary/aromatic N) is 2. The molecule has 0 spiro atoms. The predicted octanol–water partition coefficient (Wildman–Crippen LogP) is 3.93. The second kappa shape index (κ2) is 8.76. The fraction of sp³-hybridized carbons (Fsp3) is 0.423. The molecule has 4 N–H and O–H groups in total. The molecule has 0 radical (unpaired) electrons. The maximum absolute atomic E-state index is 12.8. The van der Waals surface area contributed by atoms with Crippen LogP contribution in [-0.4, -0.2) is 39.6 Å². The molecule has 1 atom stereocenters. The average Bonchev–Trinajstić information content (AvgIpc) is 3.07. The van der Waals surface area contributed by atoms with E-state index >= 15 is 0 Å². The maximum atomic E-state index is 12.8. The first kappa shape index (κ1) is 25.2. The van der Waals surface area contributed by atoms with Crippen LogP contribution in [0.25, 0.3) is 22.0 Å². The van der Waals surface area contributed by atoms with Gasteiger partial charge in [0, 0.05) is 11.9 Å². The number of carbonyl (C=O) groups excluding carboxylic acids is 2. The van der Waals surface area contributed by atoms with Crippen LogP contribution in [0.2, 0.25) is 0 Å². The van der Waals surface area contributed by atoms with Gasteiger partial charge in [0.05, 0.1) is 5.52 Å². The minimum absolute atomic E-state index is 0.113. The van der Waals surface area contributed by atoms with E-state index in [0.717, 1.165) is 16.7 Å². The first-order chi connectivity index (χ1) is 15.6. The Morgan fingerprint density at radius 3 is 1.97 bits per heavy atom. The van der Waals surface area contributed by atoms with Crippen LogP contribution >= 0.6 is 0 Å². The number of nitrogens with two attached hydrogens (primary N) is 2. The van der Waals surface area contributed by atoms with Crippen molar-refractivity contribution in [1.29, 1.82) is 0 Å². The molecular weight excluding hydrogens is 432 g/mol. The maximum Gasteiger partial charge on any atom is 0.360 e. The van der Waals surface area contributed by atoms with E-state index in [-0.39, 0.29) is 18.2 Å². The van der Waals surface area contributed by atoms with Gasteiger partial charge in [0.1, 0.15) is 16.6 Å². The van der Waals surface area contributed by atoms with E-state index in [1.165, 1.54) is 4.79 Å². The second-order valence-electron chi connectivity index (χ2n) is 10.6. The van der Waals surface area contributed by atoms with E-state index in [0.29, 0.717) is 10.9 Å². The van der Waals surface area contributed by atoms with Crippen molar-refractivity contribution in [2.45, 2.75) is 65.1 Å². The van der Waals surface area contributed by atoms with Crippen LogP contribution < -0.4 is 11.6 Å². The van der Waals surface area contributed by atoms with Crippen LogP contribution in [0.15, 0.2) is 42.5 Å². The minimum atomic E-state index is -0.972. The molecule has 1 aromatic heterocycles. The Labute approximate surface area is 200 Å². The van der Waals surface area contributed by atoms with E-state index < -0.39 is 22.6 Å². The highest BCUT2D eigenvalue weighted by molar-refractivity contribution is 6.03. The molecule has 0 aliphatic heterocycles. The van der Waals surface area contributed by atoms with Gasteiger partial charge < -0.3 is 21.1 Å². The largest absolute Gasteiger partial charge is 0.459 e. The lowest BCUT2D eigenvalue weighted by Gasteiger charge is -2.31. The smallest absolute Gasteiger partial charge is 0.360 e. The number of esters is 2. The molecule has 182 valence electrons. The van der Waals surface area contributed by atoms with Crippen molar-refractivity contribution in [3.8, 4) is 11.1 Å². The zero-order chi connectivity index (χ0) is 25.5. The van der Waals surface area contributed by atoms with Gasteiger partial charge in [-0.2, -0.15) is 4.79 Å². The topological polar surface area (TPSA) is 122 Å². The van der Waals surface area contributed by atoms with Crippen LogP contribution in [0.4, 0.5) is 0 Å². The van der Waals surface area contributed by atoms with Gasteiger partial charge in [-0.1, -0.05) is 30.3 Å². The summed E-state index contributed by atoms with van der Waals surface area (Å²) in [4.78, 5) is 26.7. The number of aromatic nitrogens is 2. The fourth-order valence-corrected chi connectivity index (χ4v) is 3.54. The third-order valence-corrected chi connectivity index (χ3v) is 5.41. The number of ether oxygens (including phenoxy) is 2. The molecule has 0 amide bonds. The first-order valence-corrected chi connectivity index (χ1v) is 11.2. The molecule has 3 rings (SSSR count). The highest BCUT2D eigenvalue weighted by Gasteiger charge is 2.37. The molecule has 1 heterocycles. The highest BCUT2D eigenvalue weighted by Crippen LogP contribution is 2.31. The Kier molecular flexibility index (Phi) is 6.50. The molecular formula is C26H34N4O4. The van der Waals surface area contributed by atoms with E-state index in [1.807, 2.05) is 63.2 Å². The number of carbonyl (C=O) groups is 2. The summed E-state index contributed by atoms with van der Waals surface area (Å²) in [5.41, 5.74) is 7.06. The number of fused-ring (bicyclic) bond motifs is 1. The van der Waals surface area contributed by atoms with Crippen LogP contribution in [0.3, 0.4) is 0 Å². The van der Waals surface area contributed by atoms with Gasteiger partial charge in [-0.25, -0.2) is 4.79 Å². The summed E-state index contributed by atoms with van der Waals surface area (Å²) in [7, 11) is 0. The van der Waals surface area contributed by atoms with E-state index in [1.54, 1.807) is 27.7 Å². The number of benzene rings is 2. The van der Waals surface area contributed by atoms with E-state index in [4.69, 9.17) is 21.1 Å². The van der Waals surface area contributed by atoms with E-state index in [2.05, 4.69) is 5.10 Å². The van der Waals surface area contributed by atoms with Crippen LogP contribution in [0.5, 0.6) is 0 Å². The summed E-state index contributed by atoms with van der Waals surface area (Å²) < 4.78 is 11.1. The van der Waals surface area contributed by atoms with Gasteiger partial charge in [0.15, 0.2) is 5.69 Å². The molecule has 8 heteroatoms. The lowest BCUT2D eigenvalue weighted by Crippen LogP contribution is -2.44. The number of rotatable bonds is 5. The lowest BCUT2D eigenvalue weighted by atomic mass is 9.81. The molecule has 3 aromatic rings. The summed E-state index contributed by atoms with van der Waals surface area (Å²) in [6.45, 7) is 12.8. The number of hydrogen-bond donors (Lipinski definition) is 2. The summed E-state index contributed by atoms with van der Waals surface area (Å²) >= 11 is 0. The van der Waals surface area contributed by atoms with E-state index in [9.17, 15) is 9.59 Å². The van der Waals surface area contributed by atoms with Crippen molar-refractivity contribution in [1.82, 2.24) is 9.89 Å². The van der Waals surface area contributed by atoms with Gasteiger partial charge in [0.2, 0.25) is 0 Å². The summed E-state index contributed by atoms with van der Waals surface area (Å²) in [6, 6.07) is 13.1. The summed E-state index contributed by atoms with van der Waals surface area (Å²) in [6.07, 6.45) is 0. The molecule has 2 aromatic carbocycles. The second-order valence-corrected chi connectivity index (χ2v) is 10.6. The summed E-state index contributed by atoms with van der Waals surface area (Å²) in [5, 5.41) is 4.77. The highest BCUT2D eigenvalue weighted by atomic mass is 16.6. The molecule has 0 saturated heterocycles. The van der Waals surface area contributed by atoms with Gasteiger partial charge in [-0.15, -0.1) is 5.10 Å². The molecule has 0 saturated carbocycles. The molecule has 0 aliphatic carbocycles. The Balaban J connectivity index is 1.97. The van der Waals surface area contributed by atoms with Gasteiger partial charge in [-0.05, 0) is 77.3 Å². The summed E-state index contributed by atoms with van der Waals surface area (Å²) in [5.74, 6) is 5.06. The van der Waals surface area contributed by atoms with Gasteiger partial charge >= 0.3 is 11.9 Å². The molecule has 1 unspecified atom stereocenters. The van der Waals surface area contributed by atoms with Crippen LogP contribution in [0, 0.1) is 0 Å². The van der Waals surface area contributed by atoms with Crippen molar-refractivity contribution in [2.75, 3.05) is 12.4 Å². The molecule has 34 heavy (non-hydrogen) atoms. The quantitative estimate of drug-likeness (QED) is 0.431. The fourth-order valence-electron chi connectivity index (χ4n) is 3.54. The third kappa shape index (κ3) is 5.22. The number of hydrogen-bond acceptors (Lipinski definition) is 7. The lowest BCUT2D eigenvalue weighted by molar-refractivity contribution is -0.161. The molecule has 0 aliphatic rings. The minimum Gasteiger partial charge on any atom is -0.459 e. The molecule has 0 fully saturated rings. The Bertz CT molecular complexity index is 1220. The van der Waals surface area contributed by atoms with Crippen molar-refractivity contribution >= 4 is 22.8 Å². The SMILES string of the molecule is CC(C)(C)OC(=O)c1nn(N)c2ccc(-c3ccc(C(C)(CN)C(=O)OC(C)(C)C)cc3)cc12. The number of nitrogen functional groups attached to an aromatic ring is 1. The monoisotopic (exact) mass is 466 g/mol. The zero-order valence-electron chi connectivity index (χ0n) is 20.9. The van der Waals surface area contributed by atoms with Gasteiger partial charge in [0.25, 0.3) is 0 Å². The average molecular weight is 467 g/mol. The van der Waals surface area contributed by atoms with Crippen molar-refractivity contribution < 1.29 is 19.1 Å². The third-order valence-electron chi connectivity index (χ3n) is 5.41. The normalized spacial score (nSPS) is 14.0. The van der Waals surface area contributed by atoms with Crippen molar-refractivity contribution in [3.05, 3.63) is 53.7 Å². The van der Waals surface area contributed by atoms with Crippen LogP contribution in [-0.2, 0) is 19.7 Å². The first-order valence-electron chi connectivity index (χ1n) is 11.2. The van der Waals surface area contributed by atoms with Crippen LogP contribution in [0.1, 0.15) is 64.5 Å². The Morgan fingerprint density at radius 1 is 0.882 bits per heavy atom. The predicted molar refractivity (Wildman–Crippen MR) is 133 cm³/mol. The zero-order valence-corrected chi connectivity index (χ0v) is 20.9. The van der Waals surface area contributed by atoms with Crippen molar-refractivity contribution in [3.63, 3.8) is 0 Å². The van der Waals surface area contributed by atoms with Gasteiger partial charge in [-0.3, -0.25) is 4.79 Å². The molecule has 0 bridgehead atoms.